The number of nitrogens with one attached hydrogen (secondary N) is 1. The third kappa shape index (κ3) is 3.41. The number of rotatable bonds is 5. The fourth-order valence-corrected chi connectivity index (χ4v) is 1.45. The zero-order valence-electron chi connectivity index (χ0n) is 10.3. The van der Waals surface area contributed by atoms with Crippen LogP contribution in [0.15, 0.2) is 36.7 Å². The number of hydrogen-bond acceptors (Lipinski definition) is 5. The number of aromatic carboxylic acids is 1. The number of pyridine rings is 2. The van der Waals surface area contributed by atoms with E-state index in [0.29, 0.717) is 18.2 Å². The predicted octanol–water partition coefficient (Wildman–Crippen LogP) is 2.32. The Morgan fingerprint density at radius 3 is 2.37 bits per heavy atom. The average Bonchev–Trinajstić information content (AvgIpc) is 2.42. The van der Waals surface area contributed by atoms with Crippen molar-refractivity contribution in [2.75, 3.05) is 11.9 Å². The van der Waals surface area contributed by atoms with Crippen LogP contribution in [0.2, 0.25) is 0 Å². The van der Waals surface area contributed by atoms with Gasteiger partial charge in [0.1, 0.15) is 5.69 Å². The van der Waals surface area contributed by atoms with Crippen LogP contribution in [-0.4, -0.2) is 27.7 Å². The molecular weight excluding hydrogens is 246 g/mol. The monoisotopic (exact) mass is 259 g/mol. The van der Waals surface area contributed by atoms with Crippen molar-refractivity contribution in [1.82, 2.24) is 9.97 Å². The van der Waals surface area contributed by atoms with Crippen LogP contribution in [0.25, 0.3) is 0 Å². The normalized spacial score (nSPS) is 9.95. The molecule has 0 spiro atoms. The molecule has 0 fully saturated rings. The van der Waals surface area contributed by atoms with Gasteiger partial charge in [-0.1, -0.05) is 0 Å². The zero-order valence-corrected chi connectivity index (χ0v) is 10.3. The molecule has 19 heavy (non-hydrogen) atoms. The lowest BCUT2D eigenvalue weighted by Crippen LogP contribution is -2.00. The molecule has 98 valence electrons. The fraction of sp³-hybridized carbons (Fsp3) is 0.154. The fourth-order valence-electron chi connectivity index (χ4n) is 1.45. The number of nitrogens with zero attached hydrogens (tertiary/aromatic N) is 2. The second kappa shape index (κ2) is 5.81. The van der Waals surface area contributed by atoms with Crippen LogP contribution in [0.3, 0.4) is 0 Å². The highest BCUT2D eigenvalue weighted by atomic mass is 16.5. The molecule has 0 saturated heterocycles. The lowest BCUT2D eigenvalue weighted by Gasteiger charge is -2.07. The van der Waals surface area contributed by atoms with Crippen LogP contribution in [-0.2, 0) is 0 Å². The highest BCUT2D eigenvalue weighted by Crippen LogP contribution is 2.17. The van der Waals surface area contributed by atoms with E-state index in [1.165, 1.54) is 12.3 Å². The molecule has 0 radical (unpaired) electrons. The highest BCUT2D eigenvalue weighted by molar-refractivity contribution is 5.85. The average molecular weight is 259 g/mol. The second-order valence-electron chi connectivity index (χ2n) is 3.68. The molecule has 6 nitrogen and oxygen atoms in total. The van der Waals surface area contributed by atoms with E-state index in [-0.39, 0.29) is 5.69 Å². The Labute approximate surface area is 110 Å². The maximum Gasteiger partial charge on any atom is 0.354 e. The standard InChI is InChI=1S/C13H13N3O3/c1-2-19-12-6-4-10(8-15-12)16-9-3-5-11(13(17)18)14-7-9/h3-8,16H,2H2,1H3,(H,17,18). The largest absolute Gasteiger partial charge is 0.478 e. The summed E-state index contributed by atoms with van der Waals surface area (Å²) in [6.45, 7) is 2.46. The Bertz CT molecular complexity index is 552. The molecule has 0 aromatic carbocycles. The van der Waals surface area contributed by atoms with E-state index in [1.807, 2.05) is 13.0 Å². The van der Waals surface area contributed by atoms with Crippen molar-refractivity contribution in [1.29, 1.82) is 0 Å². The predicted molar refractivity (Wildman–Crippen MR) is 69.9 cm³/mol. The highest BCUT2D eigenvalue weighted by Gasteiger charge is 2.03. The number of ether oxygens (including phenoxy) is 1. The summed E-state index contributed by atoms with van der Waals surface area (Å²) in [5.74, 6) is -0.485. The third-order valence-corrected chi connectivity index (χ3v) is 2.30. The maximum atomic E-state index is 10.7. The second-order valence-corrected chi connectivity index (χ2v) is 3.68. The van der Waals surface area contributed by atoms with Crippen LogP contribution in [0.5, 0.6) is 5.88 Å². The van der Waals surface area contributed by atoms with Crippen molar-refractivity contribution >= 4 is 17.3 Å². The van der Waals surface area contributed by atoms with Gasteiger partial charge in [0.25, 0.3) is 0 Å². The molecule has 0 aliphatic carbocycles. The Morgan fingerprint density at radius 2 is 1.89 bits per heavy atom. The topological polar surface area (TPSA) is 84.3 Å². The number of carboxylic acids is 1. The van der Waals surface area contributed by atoms with Gasteiger partial charge in [-0.15, -0.1) is 0 Å². The molecule has 0 saturated carbocycles. The molecule has 6 heteroatoms. The van der Waals surface area contributed by atoms with E-state index in [0.717, 1.165) is 5.69 Å². The van der Waals surface area contributed by atoms with E-state index in [9.17, 15) is 4.79 Å². The smallest absolute Gasteiger partial charge is 0.354 e. The Balaban J connectivity index is 2.06. The molecule has 0 atom stereocenters. The van der Waals surface area contributed by atoms with Gasteiger partial charge in [0.2, 0.25) is 5.88 Å². The summed E-state index contributed by atoms with van der Waals surface area (Å²) >= 11 is 0. The molecule has 0 bridgehead atoms. The lowest BCUT2D eigenvalue weighted by molar-refractivity contribution is 0.0690. The number of anilines is 2. The van der Waals surface area contributed by atoms with Gasteiger partial charge in [0, 0.05) is 6.07 Å². The third-order valence-electron chi connectivity index (χ3n) is 2.30. The first-order valence-electron chi connectivity index (χ1n) is 5.74. The molecule has 2 N–H and O–H groups in total. The van der Waals surface area contributed by atoms with Crippen molar-refractivity contribution in [3.8, 4) is 5.88 Å². The van der Waals surface area contributed by atoms with Gasteiger partial charge in [-0.25, -0.2) is 14.8 Å². The van der Waals surface area contributed by atoms with Crippen molar-refractivity contribution in [2.24, 2.45) is 0 Å². The van der Waals surface area contributed by atoms with Gasteiger partial charge in [-0.05, 0) is 25.1 Å². The first-order chi connectivity index (χ1) is 9.19. The van der Waals surface area contributed by atoms with Crippen molar-refractivity contribution in [3.63, 3.8) is 0 Å². The van der Waals surface area contributed by atoms with Crippen molar-refractivity contribution < 1.29 is 14.6 Å². The summed E-state index contributed by atoms with van der Waals surface area (Å²) in [5.41, 5.74) is 1.47. The molecule has 2 aromatic heterocycles. The van der Waals surface area contributed by atoms with Crippen molar-refractivity contribution in [3.05, 3.63) is 42.4 Å². The van der Waals surface area contributed by atoms with Gasteiger partial charge in [0.15, 0.2) is 0 Å². The molecule has 0 amide bonds. The number of hydrogen-bond donors (Lipinski definition) is 2. The summed E-state index contributed by atoms with van der Waals surface area (Å²) in [6.07, 6.45) is 3.09. The number of aromatic nitrogens is 2. The van der Waals surface area contributed by atoms with E-state index < -0.39 is 5.97 Å². The summed E-state index contributed by atoms with van der Waals surface area (Å²) in [4.78, 5) is 18.6. The van der Waals surface area contributed by atoms with Gasteiger partial charge in [-0.2, -0.15) is 0 Å². The first-order valence-corrected chi connectivity index (χ1v) is 5.74. The molecular formula is C13H13N3O3. The van der Waals surface area contributed by atoms with Crippen LogP contribution < -0.4 is 10.1 Å². The minimum Gasteiger partial charge on any atom is -0.478 e. The van der Waals surface area contributed by atoms with Crippen LogP contribution in [0, 0.1) is 0 Å². The van der Waals surface area contributed by atoms with Crippen molar-refractivity contribution in [2.45, 2.75) is 6.92 Å². The van der Waals surface area contributed by atoms with Gasteiger partial charge in [0.05, 0.1) is 30.4 Å². The molecule has 2 rings (SSSR count). The molecule has 2 heterocycles. The van der Waals surface area contributed by atoms with Gasteiger partial charge >= 0.3 is 5.97 Å². The maximum absolute atomic E-state index is 10.7. The summed E-state index contributed by atoms with van der Waals surface area (Å²) < 4.78 is 5.24. The lowest BCUT2D eigenvalue weighted by atomic mass is 10.3. The molecule has 0 aliphatic heterocycles. The van der Waals surface area contributed by atoms with Crippen LogP contribution in [0.1, 0.15) is 17.4 Å². The van der Waals surface area contributed by atoms with E-state index in [1.54, 1.807) is 18.3 Å². The summed E-state index contributed by atoms with van der Waals surface area (Å²) in [6, 6.07) is 6.66. The van der Waals surface area contributed by atoms with E-state index in [4.69, 9.17) is 9.84 Å². The van der Waals surface area contributed by atoms with E-state index >= 15 is 0 Å². The quantitative estimate of drug-likeness (QED) is 0.857. The molecule has 2 aromatic rings. The zero-order chi connectivity index (χ0) is 13.7. The number of carbonyl (C=O) groups is 1. The van der Waals surface area contributed by atoms with Crippen LogP contribution >= 0.6 is 0 Å². The van der Waals surface area contributed by atoms with E-state index in [2.05, 4.69) is 15.3 Å². The Hall–Kier alpha value is -2.63. The summed E-state index contributed by atoms with van der Waals surface area (Å²) in [5, 5.41) is 11.8. The molecule has 0 aliphatic rings. The SMILES string of the molecule is CCOc1ccc(Nc2ccc(C(=O)O)nc2)cn1. The van der Waals surface area contributed by atoms with Crippen LogP contribution in [0.4, 0.5) is 11.4 Å². The Morgan fingerprint density at radius 1 is 1.21 bits per heavy atom. The summed E-state index contributed by atoms with van der Waals surface area (Å²) in [7, 11) is 0. The Kier molecular flexibility index (Phi) is 3.92. The van der Waals surface area contributed by atoms with Gasteiger partial charge < -0.3 is 15.2 Å². The van der Waals surface area contributed by atoms with Gasteiger partial charge in [-0.3, -0.25) is 0 Å². The minimum atomic E-state index is -1.05. The molecule has 0 unspecified atom stereocenters. The first kappa shape index (κ1) is 12.8. The minimum absolute atomic E-state index is 0.00960. The number of carboxylic acid groups (broad SMARTS) is 1.